The number of amides is 3. The van der Waals surface area contributed by atoms with Crippen molar-refractivity contribution in [3.8, 4) is 11.5 Å². The summed E-state index contributed by atoms with van der Waals surface area (Å²) in [5.41, 5.74) is 2.30. The van der Waals surface area contributed by atoms with Gasteiger partial charge < -0.3 is 15.2 Å². The number of phenolic OH excluding ortho intramolecular Hbond substituents is 1. The Morgan fingerprint density at radius 3 is 2.55 bits per heavy atom. The van der Waals surface area contributed by atoms with Crippen LogP contribution in [-0.4, -0.2) is 40.7 Å². The lowest BCUT2D eigenvalue weighted by molar-refractivity contribution is -0.127. The summed E-state index contributed by atoms with van der Waals surface area (Å²) >= 11 is 3.97. The van der Waals surface area contributed by atoms with Gasteiger partial charge in [0.05, 0.1) is 16.5 Å². The Kier molecular flexibility index (Phi) is 7.07. The molecule has 162 valence electrons. The molecule has 0 unspecified atom stereocenters. The summed E-state index contributed by atoms with van der Waals surface area (Å²) in [6.45, 7) is 3.78. The van der Waals surface area contributed by atoms with Crippen molar-refractivity contribution in [2.24, 2.45) is 0 Å². The first-order valence-corrected chi connectivity index (χ1v) is 11.0. The summed E-state index contributed by atoms with van der Waals surface area (Å²) in [4.78, 5) is 38.4. The summed E-state index contributed by atoms with van der Waals surface area (Å²) in [5, 5.41) is 12.1. The Balaban J connectivity index is 1.71. The van der Waals surface area contributed by atoms with E-state index in [4.69, 9.17) is 4.74 Å². The predicted octanol–water partition coefficient (Wildman–Crippen LogP) is 4.96. The molecule has 1 saturated heterocycles. The van der Waals surface area contributed by atoms with Crippen LogP contribution in [0.1, 0.15) is 30.9 Å². The molecule has 3 rings (SSSR count). The number of nitrogens with zero attached hydrogens (tertiary/aromatic N) is 1. The van der Waals surface area contributed by atoms with Crippen LogP contribution in [0.5, 0.6) is 11.5 Å². The molecule has 1 fully saturated rings. The average molecular weight is 505 g/mol. The van der Waals surface area contributed by atoms with Crippen molar-refractivity contribution in [2.45, 2.75) is 19.8 Å². The zero-order valence-electron chi connectivity index (χ0n) is 17.1. The molecule has 2 N–H and O–H groups in total. The number of anilines is 1. The second kappa shape index (κ2) is 9.57. The number of phenols is 1. The minimum atomic E-state index is -0.552. The molecular weight excluding hydrogens is 484 g/mol. The molecule has 1 heterocycles. The number of thioether (sulfide) groups is 1. The number of hydrogen-bond donors (Lipinski definition) is 2. The molecular formula is C22H21BrN2O5S. The van der Waals surface area contributed by atoms with Crippen LogP contribution in [-0.2, 0) is 9.59 Å². The Labute approximate surface area is 192 Å². The van der Waals surface area contributed by atoms with Gasteiger partial charge in [-0.25, -0.2) is 0 Å². The highest BCUT2D eigenvalue weighted by atomic mass is 79.9. The van der Waals surface area contributed by atoms with Crippen molar-refractivity contribution >= 4 is 56.5 Å². The van der Waals surface area contributed by atoms with E-state index in [0.717, 1.165) is 22.2 Å². The van der Waals surface area contributed by atoms with Gasteiger partial charge >= 0.3 is 0 Å². The lowest BCUT2D eigenvalue weighted by Gasteiger charge is -2.13. The molecule has 1 aliphatic heterocycles. The van der Waals surface area contributed by atoms with E-state index in [1.165, 1.54) is 13.2 Å². The number of aromatic hydroxyl groups is 1. The fraction of sp³-hybridized carbons (Fsp3) is 0.227. The van der Waals surface area contributed by atoms with Crippen LogP contribution in [0.15, 0.2) is 45.8 Å². The van der Waals surface area contributed by atoms with Gasteiger partial charge in [0.25, 0.3) is 11.1 Å². The minimum Gasteiger partial charge on any atom is -0.503 e. The molecule has 9 heteroatoms. The smallest absolute Gasteiger partial charge is 0.294 e. The van der Waals surface area contributed by atoms with Crippen LogP contribution in [0.2, 0.25) is 0 Å². The summed E-state index contributed by atoms with van der Waals surface area (Å²) in [7, 11) is 1.41. The highest BCUT2D eigenvalue weighted by molar-refractivity contribution is 9.10. The number of ether oxygens (including phenoxy) is 1. The number of imide groups is 1. The molecule has 31 heavy (non-hydrogen) atoms. The molecule has 7 nitrogen and oxygen atoms in total. The zero-order valence-corrected chi connectivity index (χ0v) is 19.5. The quantitative estimate of drug-likeness (QED) is 0.539. The van der Waals surface area contributed by atoms with E-state index >= 15 is 0 Å². The van der Waals surface area contributed by atoms with E-state index < -0.39 is 17.1 Å². The largest absolute Gasteiger partial charge is 0.503 e. The number of hydrogen-bond acceptors (Lipinski definition) is 6. The molecule has 0 aromatic heterocycles. The van der Waals surface area contributed by atoms with E-state index in [0.29, 0.717) is 21.6 Å². The van der Waals surface area contributed by atoms with Gasteiger partial charge in [0, 0.05) is 5.69 Å². The maximum Gasteiger partial charge on any atom is 0.294 e. The maximum absolute atomic E-state index is 12.7. The molecule has 0 aliphatic carbocycles. The van der Waals surface area contributed by atoms with E-state index in [1.807, 2.05) is 12.1 Å². The van der Waals surface area contributed by atoms with E-state index in [2.05, 4.69) is 35.1 Å². The molecule has 0 bridgehead atoms. The molecule has 3 amide bonds. The van der Waals surface area contributed by atoms with Crippen molar-refractivity contribution in [1.82, 2.24) is 4.90 Å². The lowest BCUT2D eigenvalue weighted by atomic mass is 10.0. The van der Waals surface area contributed by atoms with Gasteiger partial charge in [-0.05, 0) is 75.1 Å². The number of nitrogens with one attached hydrogen (secondary N) is 1. The van der Waals surface area contributed by atoms with Crippen molar-refractivity contribution < 1.29 is 24.2 Å². The summed E-state index contributed by atoms with van der Waals surface area (Å²) in [5.74, 6) is -0.479. The first-order chi connectivity index (χ1) is 14.7. The minimum absolute atomic E-state index is 0.0640. The van der Waals surface area contributed by atoms with Gasteiger partial charge in [-0.2, -0.15) is 0 Å². The number of methoxy groups -OCH3 is 1. The van der Waals surface area contributed by atoms with Crippen molar-refractivity contribution in [3.05, 3.63) is 56.9 Å². The Morgan fingerprint density at radius 2 is 1.94 bits per heavy atom. The van der Waals surface area contributed by atoms with Crippen molar-refractivity contribution in [1.29, 1.82) is 0 Å². The van der Waals surface area contributed by atoms with E-state index in [9.17, 15) is 19.5 Å². The maximum atomic E-state index is 12.7. The van der Waals surface area contributed by atoms with Gasteiger partial charge in [0.1, 0.15) is 6.54 Å². The van der Waals surface area contributed by atoms with Crippen LogP contribution in [0, 0.1) is 0 Å². The number of carbonyl (C=O) groups excluding carboxylic acids is 3. The van der Waals surface area contributed by atoms with Crippen LogP contribution in [0.25, 0.3) is 6.08 Å². The summed E-state index contributed by atoms with van der Waals surface area (Å²) in [6.07, 6.45) is 1.51. The number of benzene rings is 2. The van der Waals surface area contributed by atoms with Gasteiger partial charge in [0.2, 0.25) is 5.91 Å². The molecule has 0 spiro atoms. The third-order valence-corrected chi connectivity index (χ3v) is 6.12. The van der Waals surface area contributed by atoms with Gasteiger partial charge in [0.15, 0.2) is 11.5 Å². The van der Waals surface area contributed by atoms with Crippen molar-refractivity contribution in [3.63, 3.8) is 0 Å². The highest BCUT2D eigenvalue weighted by Gasteiger charge is 2.36. The fourth-order valence-corrected chi connectivity index (χ4v) is 4.21. The molecule has 2 aromatic rings. The third-order valence-electron chi connectivity index (χ3n) is 4.60. The van der Waals surface area contributed by atoms with Crippen LogP contribution in [0.3, 0.4) is 0 Å². The highest BCUT2D eigenvalue weighted by Crippen LogP contribution is 2.38. The van der Waals surface area contributed by atoms with E-state index in [1.54, 1.807) is 24.3 Å². The number of halogens is 1. The molecule has 1 aliphatic rings. The monoisotopic (exact) mass is 504 g/mol. The second-order valence-electron chi connectivity index (χ2n) is 7.15. The molecule has 0 atom stereocenters. The van der Waals surface area contributed by atoms with Gasteiger partial charge in [-0.1, -0.05) is 26.0 Å². The zero-order chi connectivity index (χ0) is 22.7. The first kappa shape index (κ1) is 22.9. The Morgan fingerprint density at radius 1 is 1.26 bits per heavy atom. The topological polar surface area (TPSA) is 95.9 Å². The molecule has 2 aromatic carbocycles. The summed E-state index contributed by atoms with van der Waals surface area (Å²) < 4.78 is 5.49. The molecule has 0 saturated carbocycles. The summed E-state index contributed by atoms with van der Waals surface area (Å²) in [6, 6.07) is 10.6. The van der Waals surface area contributed by atoms with E-state index in [-0.39, 0.29) is 22.9 Å². The first-order valence-electron chi connectivity index (χ1n) is 9.41. The fourth-order valence-electron chi connectivity index (χ4n) is 2.92. The van der Waals surface area contributed by atoms with Crippen LogP contribution >= 0.6 is 27.7 Å². The normalized spacial score (nSPS) is 15.1. The van der Waals surface area contributed by atoms with Crippen LogP contribution < -0.4 is 10.1 Å². The van der Waals surface area contributed by atoms with Gasteiger partial charge in [-0.3, -0.25) is 19.3 Å². The third kappa shape index (κ3) is 5.29. The standard InChI is InChI=1S/C22H21BrN2O5S/c1-12(2)14-4-6-15(7-5-14)24-19(26)11-25-21(28)18(31-22(25)29)10-13-8-16(23)20(27)17(9-13)30-3/h4-10,12,27H,11H2,1-3H3,(H,24,26)/b18-10+. The average Bonchev–Trinajstić information content (AvgIpc) is 2.98. The van der Waals surface area contributed by atoms with Crippen LogP contribution in [0.4, 0.5) is 10.5 Å². The number of carbonyl (C=O) groups is 3. The Hall–Kier alpha value is -2.78. The number of rotatable bonds is 6. The Bertz CT molecular complexity index is 1070. The lowest BCUT2D eigenvalue weighted by Crippen LogP contribution is -2.36. The second-order valence-corrected chi connectivity index (χ2v) is 8.99. The SMILES string of the molecule is COc1cc(/C=C2/SC(=O)N(CC(=O)Nc3ccc(C(C)C)cc3)C2=O)cc(Br)c1O. The van der Waals surface area contributed by atoms with Crippen molar-refractivity contribution in [2.75, 3.05) is 19.0 Å². The predicted molar refractivity (Wildman–Crippen MR) is 124 cm³/mol. The molecule has 0 radical (unpaired) electrons. The van der Waals surface area contributed by atoms with Gasteiger partial charge in [-0.15, -0.1) is 0 Å².